The highest BCUT2D eigenvalue weighted by molar-refractivity contribution is 5.76. The van der Waals surface area contributed by atoms with E-state index in [9.17, 15) is 19.8 Å². The van der Waals surface area contributed by atoms with E-state index in [4.69, 9.17) is 4.74 Å². The summed E-state index contributed by atoms with van der Waals surface area (Å²) in [5.74, 6) is -0.719. The van der Waals surface area contributed by atoms with E-state index in [-0.39, 0.29) is 24.9 Å². The molecule has 0 heterocycles. The number of aliphatic hydroxyl groups is 2. The van der Waals surface area contributed by atoms with Gasteiger partial charge in [-0.15, -0.1) is 0 Å². The molecule has 1 rings (SSSR count). The number of carbonyl (C=O) groups excluding carboxylic acids is 2. The molecule has 38 heavy (non-hydrogen) atoms. The molecule has 6 nitrogen and oxygen atoms in total. The summed E-state index contributed by atoms with van der Waals surface area (Å²) in [4.78, 5) is 24.5. The number of aryl methyl sites for hydroxylation is 2. The van der Waals surface area contributed by atoms with Crippen molar-refractivity contribution in [1.29, 1.82) is 0 Å². The summed E-state index contributed by atoms with van der Waals surface area (Å²) >= 11 is 0. The molecule has 1 aromatic carbocycles. The van der Waals surface area contributed by atoms with Crippen LogP contribution in [0.3, 0.4) is 0 Å². The summed E-state index contributed by atoms with van der Waals surface area (Å²) in [7, 11) is 1.27. The van der Waals surface area contributed by atoms with Crippen LogP contribution < -0.4 is 0 Å². The predicted octanol–water partition coefficient (Wildman–Crippen LogP) is 7.15. The second kappa shape index (κ2) is 17.4. The summed E-state index contributed by atoms with van der Waals surface area (Å²) in [5.41, 5.74) is 3.38. The zero-order valence-electron chi connectivity index (χ0n) is 24.8. The molecule has 0 aliphatic rings. The SMILES string of the molecule is CCCCCCCCCC(OC(=O)C(C)(C)CC)c1cc(C)cc(C)c1/C=C/[C@@H](O)C[C@@H](O)CC(=O)OC. The third-order valence-electron chi connectivity index (χ3n) is 7.29. The van der Waals surface area contributed by atoms with Gasteiger partial charge in [0.2, 0.25) is 0 Å². The Morgan fingerprint density at radius 1 is 1.00 bits per heavy atom. The number of hydrogen-bond donors (Lipinski definition) is 2. The Labute approximate surface area is 230 Å². The normalized spacial score (nSPS) is 14.3. The molecule has 6 heteroatoms. The number of unbranched alkanes of at least 4 members (excludes halogenated alkanes) is 6. The van der Waals surface area contributed by atoms with E-state index in [1.165, 1.54) is 39.2 Å². The quantitative estimate of drug-likeness (QED) is 0.154. The van der Waals surface area contributed by atoms with E-state index in [0.29, 0.717) is 6.42 Å². The molecule has 1 aromatic rings. The van der Waals surface area contributed by atoms with E-state index in [0.717, 1.165) is 41.5 Å². The van der Waals surface area contributed by atoms with Crippen LogP contribution in [-0.4, -0.2) is 41.5 Å². The maximum Gasteiger partial charge on any atom is 0.312 e. The van der Waals surface area contributed by atoms with Crippen molar-refractivity contribution in [2.45, 2.75) is 130 Å². The van der Waals surface area contributed by atoms with Crippen LogP contribution in [0.4, 0.5) is 0 Å². The van der Waals surface area contributed by atoms with Crippen molar-refractivity contribution in [2.24, 2.45) is 5.41 Å². The van der Waals surface area contributed by atoms with Crippen molar-refractivity contribution < 1.29 is 29.3 Å². The van der Waals surface area contributed by atoms with Gasteiger partial charge in [0.25, 0.3) is 0 Å². The fourth-order valence-corrected chi connectivity index (χ4v) is 4.43. The number of aliphatic hydroxyl groups excluding tert-OH is 2. The van der Waals surface area contributed by atoms with Crippen LogP contribution in [0.1, 0.15) is 127 Å². The van der Waals surface area contributed by atoms with Crippen molar-refractivity contribution >= 4 is 18.0 Å². The van der Waals surface area contributed by atoms with E-state index in [1.54, 1.807) is 6.08 Å². The number of hydrogen-bond acceptors (Lipinski definition) is 6. The summed E-state index contributed by atoms with van der Waals surface area (Å²) < 4.78 is 10.8. The van der Waals surface area contributed by atoms with Crippen molar-refractivity contribution in [3.05, 3.63) is 40.5 Å². The largest absolute Gasteiger partial charge is 0.469 e. The first kappa shape index (κ1) is 33.8. The van der Waals surface area contributed by atoms with Crippen molar-refractivity contribution in [3.8, 4) is 0 Å². The highest BCUT2D eigenvalue weighted by Gasteiger charge is 2.31. The second-order valence-electron chi connectivity index (χ2n) is 11.2. The van der Waals surface area contributed by atoms with Gasteiger partial charge in [-0.3, -0.25) is 9.59 Å². The minimum Gasteiger partial charge on any atom is -0.469 e. The molecule has 0 spiro atoms. The minimum absolute atomic E-state index is 0.0208. The molecular formula is C32H52O6. The number of methoxy groups -OCH3 is 1. The van der Waals surface area contributed by atoms with Gasteiger partial charge in [-0.1, -0.05) is 82.2 Å². The van der Waals surface area contributed by atoms with E-state index in [2.05, 4.69) is 23.8 Å². The molecule has 3 atom stereocenters. The third-order valence-corrected chi connectivity index (χ3v) is 7.29. The summed E-state index contributed by atoms with van der Waals surface area (Å²) in [5, 5.41) is 20.6. The lowest BCUT2D eigenvalue weighted by Crippen LogP contribution is -2.27. The molecule has 0 aliphatic heterocycles. The summed E-state index contributed by atoms with van der Waals surface area (Å²) in [6, 6.07) is 4.15. The van der Waals surface area contributed by atoms with Gasteiger partial charge in [0.15, 0.2) is 0 Å². The maximum absolute atomic E-state index is 13.1. The van der Waals surface area contributed by atoms with Crippen molar-refractivity contribution in [2.75, 3.05) is 7.11 Å². The standard InChI is InChI=1S/C32H52O6/c1-8-10-11-12-13-14-15-16-29(38-31(36)32(5,6)9-2)28-20-23(3)19-24(4)27(28)18-17-25(33)21-26(34)22-30(35)37-7/h17-20,25-26,29,33-34H,8-16,21-22H2,1-7H3/b18-17+/t25-,26-,29?/m1/s1. The van der Waals surface area contributed by atoms with Gasteiger partial charge in [0, 0.05) is 12.0 Å². The minimum atomic E-state index is -0.997. The first-order valence-electron chi connectivity index (χ1n) is 14.4. The van der Waals surface area contributed by atoms with Crippen LogP contribution in [0.15, 0.2) is 18.2 Å². The van der Waals surface area contributed by atoms with E-state index in [1.807, 2.05) is 40.7 Å². The van der Waals surface area contributed by atoms with Crippen LogP contribution in [0.2, 0.25) is 0 Å². The smallest absolute Gasteiger partial charge is 0.312 e. The predicted molar refractivity (Wildman–Crippen MR) is 154 cm³/mol. The second-order valence-corrected chi connectivity index (χ2v) is 11.2. The first-order chi connectivity index (χ1) is 17.9. The molecule has 0 saturated heterocycles. The molecule has 0 aromatic heterocycles. The zero-order chi connectivity index (χ0) is 28.7. The Hall–Kier alpha value is -2.18. The van der Waals surface area contributed by atoms with Gasteiger partial charge in [-0.05, 0) is 58.1 Å². The topological polar surface area (TPSA) is 93.1 Å². The third kappa shape index (κ3) is 12.1. The zero-order valence-corrected chi connectivity index (χ0v) is 24.8. The Kier molecular flexibility index (Phi) is 15.5. The highest BCUT2D eigenvalue weighted by Crippen LogP contribution is 2.34. The van der Waals surface area contributed by atoms with Crippen molar-refractivity contribution in [3.63, 3.8) is 0 Å². The van der Waals surface area contributed by atoms with Gasteiger partial charge in [0.1, 0.15) is 6.10 Å². The van der Waals surface area contributed by atoms with Crippen LogP contribution in [-0.2, 0) is 19.1 Å². The Morgan fingerprint density at radius 3 is 2.24 bits per heavy atom. The van der Waals surface area contributed by atoms with Crippen LogP contribution >= 0.6 is 0 Å². The number of carbonyl (C=O) groups is 2. The van der Waals surface area contributed by atoms with Crippen molar-refractivity contribution in [1.82, 2.24) is 0 Å². The molecule has 216 valence electrons. The summed E-state index contributed by atoms with van der Waals surface area (Å²) in [6.07, 6.45) is 10.7. The Bertz CT molecular complexity index is 888. The summed E-state index contributed by atoms with van der Waals surface area (Å²) in [6.45, 7) is 12.1. The number of benzene rings is 1. The lowest BCUT2D eigenvalue weighted by molar-refractivity contribution is -0.160. The lowest BCUT2D eigenvalue weighted by atomic mass is 9.89. The Balaban J connectivity index is 3.16. The van der Waals surface area contributed by atoms with Crippen LogP contribution in [0.25, 0.3) is 6.08 Å². The average molecular weight is 533 g/mol. The average Bonchev–Trinajstić information content (AvgIpc) is 2.86. The van der Waals surface area contributed by atoms with Gasteiger partial charge in [0.05, 0.1) is 31.2 Å². The molecule has 0 fully saturated rings. The van der Waals surface area contributed by atoms with E-state index < -0.39 is 23.6 Å². The van der Waals surface area contributed by atoms with Crippen LogP contribution in [0.5, 0.6) is 0 Å². The number of rotatable bonds is 18. The van der Waals surface area contributed by atoms with Gasteiger partial charge < -0.3 is 19.7 Å². The molecular weight excluding hydrogens is 480 g/mol. The number of ether oxygens (including phenoxy) is 2. The molecule has 0 saturated carbocycles. The molecule has 1 unspecified atom stereocenters. The van der Waals surface area contributed by atoms with Gasteiger partial charge in [-0.25, -0.2) is 0 Å². The molecule has 0 aliphatic carbocycles. The maximum atomic E-state index is 13.1. The molecule has 0 amide bonds. The van der Waals surface area contributed by atoms with E-state index >= 15 is 0 Å². The molecule has 0 bridgehead atoms. The molecule has 2 N–H and O–H groups in total. The monoisotopic (exact) mass is 532 g/mol. The Morgan fingerprint density at radius 2 is 1.63 bits per heavy atom. The lowest BCUT2D eigenvalue weighted by Gasteiger charge is -2.27. The fourth-order valence-electron chi connectivity index (χ4n) is 4.43. The van der Waals surface area contributed by atoms with Crippen LogP contribution in [0, 0.1) is 19.3 Å². The fraction of sp³-hybridized carbons (Fsp3) is 0.688. The van der Waals surface area contributed by atoms with Gasteiger partial charge >= 0.3 is 11.9 Å². The van der Waals surface area contributed by atoms with Gasteiger partial charge in [-0.2, -0.15) is 0 Å². The number of esters is 2. The highest BCUT2D eigenvalue weighted by atomic mass is 16.5. The first-order valence-corrected chi connectivity index (χ1v) is 14.4. The molecule has 0 radical (unpaired) electrons.